The number of nitrogens with zero attached hydrogens (tertiary/aromatic N) is 3. The number of hydrogen-bond donors (Lipinski definition) is 4. The molecule has 4 rings (SSSR count). The first-order chi connectivity index (χ1) is 16.2. The number of carbonyl (C=O) groups excluding carboxylic acids is 1. The summed E-state index contributed by atoms with van der Waals surface area (Å²) >= 11 is 0. The molecule has 0 aliphatic carbocycles. The first-order valence-corrected chi connectivity index (χ1v) is 10.1. The van der Waals surface area contributed by atoms with Crippen LogP contribution in [0.2, 0.25) is 0 Å². The molecule has 0 aliphatic rings. The molecule has 34 heavy (non-hydrogen) atoms. The van der Waals surface area contributed by atoms with Crippen molar-refractivity contribution in [2.24, 2.45) is 0 Å². The smallest absolute Gasteiger partial charge is 0.373 e. The maximum atomic E-state index is 13.0. The minimum absolute atomic E-state index is 0.0927. The van der Waals surface area contributed by atoms with Crippen molar-refractivity contribution in [3.05, 3.63) is 77.7 Å². The summed E-state index contributed by atoms with van der Waals surface area (Å²) < 4.78 is 38.9. The highest BCUT2D eigenvalue weighted by Crippen LogP contribution is 2.31. The summed E-state index contributed by atoms with van der Waals surface area (Å²) in [4.78, 5) is 21.0. The van der Waals surface area contributed by atoms with E-state index < -0.39 is 17.6 Å². The normalized spacial score (nSPS) is 11.2. The molecule has 174 valence electrons. The molecule has 0 atom stereocenters. The van der Waals surface area contributed by atoms with Gasteiger partial charge in [-0.2, -0.15) is 18.3 Å². The van der Waals surface area contributed by atoms with Crippen LogP contribution in [0.15, 0.2) is 61.1 Å². The van der Waals surface area contributed by atoms with E-state index in [2.05, 4.69) is 36.1 Å². The van der Waals surface area contributed by atoms with Crippen molar-refractivity contribution in [2.75, 3.05) is 23.0 Å². The van der Waals surface area contributed by atoms with Gasteiger partial charge in [0.2, 0.25) is 0 Å². The Bertz CT molecular complexity index is 1330. The molecule has 0 unspecified atom stereocenters. The molecule has 4 aromatic rings. The van der Waals surface area contributed by atoms with Gasteiger partial charge in [-0.25, -0.2) is 9.97 Å². The third-order valence-electron chi connectivity index (χ3n) is 5.05. The van der Waals surface area contributed by atoms with Crippen molar-refractivity contribution in [3.8, 4) is 11.3 Å². The fraction of sp³-hybridized carbons (Fsp3) is 0.130. The molecule has 0 saturated carbocycles. The Morgan fingerprint density at radius 1 is 1.06 bits per heavy atom. The zero-order chi connectivity index (χ0) is 24.3. The monoisotopic (exact) mass is 467 g/mol. The molecule has 0 saturated heterocycles. The summed E-state index contributed by atoms with van der Waals surface area (Å²) in [5, 5.41) is 15.8. The summed E-state index contributed by atoms with van der Waals surface area (Å²) in [5.41, 5.74) is 2.32. The third-order valence-corrected chi connectivity index (χ3v) is 5.05. The number of alkyl halides is 3. The van der Waals surface area contributed by atoms with E-state index in [4.69, 9.17) is 0 Å². The molecule has 4 N–H and O–H groups in total. The summed E-state index contributed by atoms with van der Waals surface area (Å²) in [6.45, 7) is 1.88. The van der Waals surface area contributed by atoms with Crippen LogP contribution in [-0.4, -0.2) is 33.1 Å². The average molecular weight is 467 g/mol. The van der Waals surface area contributed by atoms with Gasteiger partial charge in [-0.3, -0.25) is 9.89 Å². The van der Waals surface area contributed by atoms with Gasteiger partial charge in [0.15, 0.2) is 0 Å². The van der Waals surface area contributed by atoms with Crippen molar-refractivity contribution < 1.29 is 18.0 Å². The quantitative estimate of drug-likeness (QED) is 0.309. The molecule has 1 amide bonds. The maximum Gasteiger partial charge on any atom is 0.416 e. The maximum absolute atomic E-state index is 13.0. The lowest BCUT2D eigenvalue weighted by Crippen LogP contribution is -2.14. The van der Waals surface area contributed by atoms with Gasteiger partial charge >= 0.3 is 6.18 Å². The molecule has 0 aliphatic heterocycles. The van der Waals surface area contributed by atoms with E-state index in [1.54, 1.807) is 37.5 Å². The van der Waals surface area contributed by atoms with E-state index >= 15 is 0 Å². The minimum atomic E-state index is -4.53. The van der Waals surface area contributed by atoms with Crippen molar-refractivity contribution in [3.63, 3.8) is 0 Å². The number of nitrogens with one attached hydrogen (secondary N) is 4. The van der Waals surface area contributed by atoms with Crippen LogP contribution in [0, 0.1) is 6.92 Å². The Hall–Kier alpha value is -4.41. The van der Waals surface area contributed by atoms with E-state index in [1.165, 1.54) is 18.5 Å². The molecule has 2 aromatic heterocycles. The Morgan fingerprint density at radius 2 is 1.88 bits per heavy atom. The molecule has 2 aromatic carbocycles. The largest absolute Gasteiger partial charge is 0.416 e. The van der Waals surface area contributed by atoms with E-state index in [-0.39, 0.29) is 5.56 Å². The van der Waals surface area contributed by atoms with Gasteiger partial charge < -0.3 is 16.0 Å². The van der Waals surface area contributed by atoms with E-state index in [9.17, 15) is 18.0 Å². The molecule has 0 spiro atoms. The van der Waals surface area contributed by atoms with Crippen LogP contribution in [0.25, 0.3) is 11.3 Å². The zero-order valence-electron chi connectivity index (χ0n) is 18.2. The lowest BCUT2D eigenvalue weighted by molar-refractivity contribution is -0.137. The number of aromatic nitrogens is 4. The lowest BCUT2D eigenvalue weighted by atomic mass is 10.1. The Balaban J connectivity index is 1.56. The van der Waals surface area contributed by atoms with Crippen LogP contribution in [-0.2, 0) is 6.18 Å². The number of aromatic amines is 1. The minimum Gasteiger partial charge on any atom is -0.373 e. The number of rotatable bonds is 6. The Morgan fingerprint density at radius 3 is 2.65 bits per heavy atom. The van der Waals surface area contributed by atoms with Crippen LogP contribution < -0.4 is 16.0 Å². The number of halogens is 3. The third kappa shape index (κ3) is 4.98. The first kappa shape index (κ1) is 22.8. The van der Waals surface area contributed by atoms with Crippen LogP contribution in [0.5, 0.6) is 0 Å². The standard InChI is InChI=1S/C23H20F3N7O/c1-13-6-7-16(31-22(34)14-4-3-5-15(8-14)23(24,25)26)9-18(13)32-21-17(11-30-33-21)19-10-20(27-2)29-12-28-19/h3-12H,1-2H3,(H,31,34)(H,27,28,29)(H2,30,32,33). The van der Waals surface area contributed by atoms with Crippen LogP contribution in [0.4, 0.5) is 36.2 Å². The van der Waals surface area contributed by atoms with Gasteiger partial charge in [0.1, 0.15) is 18.0 Å². The summed E-state index contributed by atoms with van der Waals surface area (Å²) in [6, 6.07) is 11.2. The van der Waals surface area contributed by atoms with Gasteiger partial charge in [0, 0.05) is 30.1 Å². The van der Waals surface area contributed by atoms with Crippen LogP contribution in [0.1, 0.15) is 21.5 Å². The number of hydrogen-bond acceptors (Lipinski definition) is 6. The van der Waals surface area contributed by atoms with Gasteiger partial charge in [0.05, 0.1) is 23.0 Å². The number of carbonyl (C=O) groups is 1. The molecular formula is C23H20F3N7O. The van der Waals surface area contributed by atoms with Gasteiger partial charge in [-0.05, 0) is 42.8 Å². The lowest BCUT2D eigenvalue weighted by Gasteiger charge is -2.13. The fourth-order valence-corrected chi connectivity index (χ4v) is 3.23. The highest BCUT2D eigenvalue weighted by atomic mass is 19.4. The van der Waals surface area contributed by atoms with Crippen molar-refractivity contribution >= 4 is 28.9 Å². The second-order valence-corrected chi connectivity index (χ2v) is 7.38. The number of benzene rings is 2. The summed E-state index contributed by atoms with van der Waals surface area (Å²) in [5.74, 6) is 0.571. The summed E-state index contributed by atoms with van der Waals surface area (Å²) in [7, 11) is 1.75. The molecule has 11 heteroatoms. The topological polar surface area (TPSA) is 108 Å². The van der Waals surface area contributed by atoms with E-state index in [0.29, 0.717) is 34.3 Å². The first-order valence-electron chi connectivity index (χ1n) is 10.1. The number of anilines is 4. The van der Waals surface area contributed by atoms with Crippen LogP contribution in [0.3, 0.4) is 0 Å². The fourth-order valence-electron chi connectivity index (χ4n) is 3.23. The SMILES string of the molecule is CNc1cc(-c2cn[nH]c2Nc2cc(NC(=O)c3cccc(C(F)(F)F)c3)ccc2C)ncn1. The predicted molar refractivity (Wildman–Crippen MR) is 123 cm³/mol. The molecule has 0 radical (unpaired) electrons. The number of H-pyrrole nitrogens is 1. The Labute approximate surface area is 192 Å². The zero-order valence-corrected chi connectivity index (χ0v) is 18.2. The number of aryl methyl sites for hydroxylation is 1. The van der Waals surface area contributed by atoms with Gasteiger partial charge in [-0.15, -0.1) is 0 Å². The highest BCUT2D eigenvalue weighted by molar-refractivity contribution is 6.04. The summed E-state index contributed by atoms with van der Waals surface area (Å²) in [6.07, 6.45) is -1.47. The second kappa shape index (κ2) is 9.22. The van der Waals surface area contributed by atoms with Crippen LogP contribution >= 0.6 is 0 Å². The van der Waals surface area contributed by atoms with Gasteiger partial charge in [-0.1, -0.05) is 12.1 Å². The highest BCUT2D eigenvalue weighted by Gasteiger charge is 2.30. The Kier molecular flexibility index (Phi) is 6.17. The second-order valence-electron chi connectivity index (χ2n) is 7.38. The van der Waals surface area contributed by atoms with Gasteiger partial charge in [0.25, 0.3) is 5.91 Å². The molecule has 2 heterocycles. The molecular weight excluding hydrogens is 447 g/mol. The molecule has 0 bridgehead atoms. The predicted octanol–water partition coefficient (Wildman–Crippen LogP) is 5.23. The van der Waals surface area contributed by atoms with Crippen molar-refractivity contribution in [1.29, 1.82) is 0 Å². The van der Waals surface area contributed by atoms with Crippen molar-refractivity contribution in [2.45, 2.75) is 13.1 Å². The van der Waals surface area contributed by atoms with E-state index in [0.717, 1.165) is 17.7 Å². The molecule has 0 fully saturated rings. The molecule has 8 nitrogen and oxygen atoms in total. The van der Waals surface area contributed by atoms with Crippen molar-refractivity contribution in [1.82, 2.24) is 20.2 Å². The average Bonchev–Trinajstić information content (AvgIpc) is 3.29. The number of amides is 1. The van der Waals surface area contributed by atoms with E-state index in [1.807, 2.05) is 6.92 Å².